The molecule has 3 nitrogen and oxygen atoms in total. The summed E-state index contributed by atoms with van der Waals surface area (Å²) in [6, 6.07) is 0. The fraction of sp³-hybridized carbons (Fsp3) is 0.600. The van der Waals surface area contributed by atoms with Crippen LogP contribution < -0.4 is 0 Å². The van der Waals surface area contributed by atoms with Gasteiger partial charge < -0.3 is 4.74 Å². The average molecular weight is 177 g/mol. The van der Waals surface area contributed by atoms with Gasteiger partial charge in [0, 0.05) is 0 Å². The van der Waals surface area contributed by atoms with Gasteiger partial charge in [-0.2, -0.15) is 4.99 Å². The molecule has 1 rings (SSSR count). The fourth-order valence-electron chi connectivity index (χ4n) is 0.406. The lowest BCUT2D eigenvalue weighted by atomic mass is 10.9. The van der Waals surface area contributed by atoms with Gasteiger partial charge in [-0.3, -0.25) is 0 Å². The number of thioether (sulfide) groups is 2. The molecule has 1 fully saturated rings. The molecule has 1 aliphatic heterocycles. The Morgan fingerprint density at radius 1 is 1.80 bits per heavy atom. The summed E-state index contributed by atoms with van der Waals surface area (Å²) in [7, 11) is 0. The molecule has 0 aromatic carbocycles. The minimum Gasteiger partial charge on any atom is -0.448 e. The Balaban J connectivity index is 2.28. The van der Waals surface area contributed by atoms with E-state index in [9.17, 15) is 4.79 Å². The zero-order chi connectivity index (χ0) is 7.40. The minimum atomic E-state index is -0.475. The highest BCUT2D eigenvalue weighted by Gasteiger charge is 2.13. The topological polar surface area (TPSA) is 38.7 Å². The van der Waals surface area contributed by atoms with Gasteiger partial charge in [0.05, 0.1) is 11.7 Å². The molecule has 0 aromatic rings. The molecular formula is C5H7NO2S2. The van der Waals surface area contributed by atoms with Crippen LogP contribution in [0.25, 0.3) is 0 Å². The Hall–Kier alpha value is -0.160. The van der Waals surface area contributed by atoms with E-state index in [0.29, 0.717) is 6.61 Å². The quantitative estimate of drug-likeness (QED) is 0.613. The average Bonchev–Trinajstić information content (AvgIpc) is 1.80. The molecule has 0 saturated carbocycles. The van der Waals surface area contributed by atoms with Crippen molar-refractivity contribution in [3.63, 3.8) is 0 Å². The molecule has 1 heterocycles. The second-order valence-corrected chi connectivity index (χ2v) is 4.04. The van der Waals surface area contributed by atoms with Gasteiger partial charge in [-0.15, -0.1) is 0 Å². The molecule has 1 amide bonds. The van der Waals surface area contributed by atoms with Crippen molar-refractivity contribution in [1.82, 2.24) is 0 Å². The number of amides is 1. The summed E-state index contributed by atoms with van der Waals surface area (Å²) in [5.41, 5.74) is 0. The molecule has 0 unspecified atom stereocenters. The van der Waals surface area contributed by atoms with Crippen molar-refractivity contribution >= 4 is 34.0 Å². The van der Waals surface area contributed by atoms with Crippen molar-refractivity contribution in [1.29, 1.82) is 0 Å². The van der Waals surface area contributed by atoms with Crippen LogP contribution in [0.3, 0.4) is 0 Å². The van der Waals surface area contributed by atoms with Crippen molar-refractivity contribution < 1.29 is 9.53 Å². The molecule has 5 heteroatoms. The predicted octanol–water partition coefficient (Wildman–Crippen LogP) is 1.94. The SMILES string of the molecule is CCOC(=O)N=C1SCS1. The zero-order valence-electron chi connectivity index (χ0n) is 5.49. The van der Waals surface area contributed by atoms with Crippen molar-refractivity contribution in [3.8, 4) is 0 Å². The number of carbonyl (C=O) groups is 1. The van der Waals surface area contributed by atoms with Crippen LogP contribution in [0, 0.1) is 0 Å². The highest BCUT2D eigenvalue weighted by Crippen LogP contribution is 2.32. The molecule has 0 bridgehead atoms. The van der Waals surface area contributed by atoms with Crippen molar-refractivity contribution in [2.24, 2.45) is 4.99 Å². The van der Waals surface area contributed by atoms with Crippen LogP contribution in [0.15, 0.2) is 4.99 Å². The van der Waals surface area contributed by atoms with Crippen LogP contribution >= 0.6 is 23.5 Å². The normalized spacial score (nSPS) is 15.9. The van der Waals surface area contributed by atoms with Crippen molar-refractivity contribution in [2.75, 3.05) is 11.7 Å². The van der Waals surface area contributed by atoms with Gasteiger partial charge in [-0.05, 0) is 6.92 Å². The number of rotatable bonds is 1. The number of ether oxygens (including phenoxy) is 1. The van der Waals surface area contributed by atoms with E-state index in [1.165, 1.54) is 0 Å². The van der Waals surface area contributed by atoms with E-state index in [1.54, 1.807) is 30.4 Å². The maximum atomic E-state index is 10.6. The lowest BCUT2D eigenvalue weighted by Crippen LogP contribution is -2.05. The minimum absolute atomic E-state index is 0.394. The van der Waals surface area contributed by atoms with Gasteiger partial charge in [0.15, 0.2) is 0 Å². The van der Waals surface area contributed by atoms with Gasteiger partial charge in [-0.1, -0.05) is 23.5 Å². The lowest BCUT2D eigenvalue weighted by molar-refractivity contribution is 0.164. The lowest BCUT2D eigenvalue weighted by Gasteiger charge is -2.11. The Labute approximate surface area is 67.6 Å². The third kappa shape index (κ3) is 2.22. The Morgan fingerprint density at radius 2 is 2.50 bits per heavy atom. The van der Waals surface area contributed by atoms with E-state index in [4.69, 9.17) is 0 Å². The van der Waals surface area contributed by atoms with E-state index in [1.807, 2.05) is 0 Å². The van der Waals surface area contributed by atoms with Gasteiger partial charge in [0.1, 0.15) is 4.38 Å². The summed E-state index contributed by atoms with van der Waals surface area (Å²) in [5.74, 6) is 0. The third-order valence-electron chi connectivity index (χ3n) is 0.815. The number of aliphatic imine (C=N–C) groups is 1. The van der Waals surface area contributed by atoms with Gasteiger partial charge in [-0.25, -0.2) is 4.79 Å². The molecule has 56 valence electrons. The number of hydrogen-bond acceptors (Lipinski definition) is 4. The van der Waals surface area contributed by atoms with Crippen LogP contribution in [-0.2, 0) is 4.74 Å². The van der Waals surface area contributed by atoms with Crippen molar-refractivity contribution in [2.45, 2.75) is 6.92 Å². The Morgan fingerprint density at radius 3 is 2.90 bits per heavy atom. The van der Waals surface area contributed by atoms with E-state index in [-0.39, 0.29) is 0 Å². The molecule has 10 heavy (non-hydrogen) atoms. The molecule has 0 aromatic heterocycles. The van der Waals surface area contributed by atoms with Gasteiger partial charge >= 0.3 is 6.09 Å². The second-order valence-electron chi connectivity index (χ2n) is 1.48. The summed E-state index contributed by atoms with van der Waals surface area (Å²) in [6.07, 6.45) is -0.475. The zero-order valence-corrected chi connectivity index (χ0v) is 7.13. The van der Waals surface area contributed by atoms with Crippen LogP contribution in [-0.4, -0.2) is 22.2 Å². The number of nitrogens with zero attached hydrogens (tertiary/aromatic N) is 1. The van der Waals surface area contributed by atoms with E-state index in [2.05, 4.69) is 9.73 Å². The van der Waals surface area contributed by atoms with Gasteiger partial charge in [0.25, 0.3) is 0 Å². The fourth-order valence-corrected chi connectivity index (χ4v) is 1.58. The molecule has 0 N–H and O–H groups in total. The van der Waals surface area contributed by atoms with Crippen LogP contribution in [0.4, 0.5) is 4.79 Å². The summed E-state index contributed by atoms with van der Waals surface area (Å²) in [6.45, 7) is 2.16. The first-order valence-electron chi connectivity index (χ1n) is 2.84. The van der Waals surface area contributed by atoms with Crippen molar-refractivity contribution in [3.05, 3.63) is 0 Å². The molecule has 0 radical (unpaired) electrons. The third-order valence-corrected chi connectivity index (χ3v) is 3.14. The maximum absolute atomic E-state index is 10.6. The summed E-state index contributed by atoms with van der Waals surface area (Å²) in [5, 5.41) is 0.998. The van der Waals surface area contributed by atoms with Crippen LogP contribution in [0.1, 0.15) is 6.92 Å². The van der Waals surface area contributed by atoms with Crippen LogP contribution in [0.2, 0.25) is 0 Å². The molecule has 1 aliphatic rings. The monoisotopic (exact) mass is 177 g/mol. The van der Waals surface area contributed by atoms with E-state index < -0.39 is 6.09 Å². The van der Waals surface area contributed by atoms with E-state index in [0.717, 1.165) is 9.46 Å². The Kier molecular flexibility index (Phi) is 3.08. The summed E-state index contributed by atoms with van der Waals surface area (Å²) < 4.78 is 5.41. The molecule has 0 spiro atoms. The van der Waals surface area contributed by atoms with Gasteiger partial charge in [0.2, 0.25) is 0 Å². The highest BCUT2D eigenvalue weighted by molar-refractivity contribution is 8.52. The Bertz CT molecular complexity index is 163. The highest BCUT2D eigenvalue weighted by atomic mass is 32.3. The predicted molar refractivity (Wildman–Crippen MR) is 44.5 cm³/mol. The first-order chi connectivity index (χ1) is 4.83. The first kappa shape index (κ1) is 7.94. The largest absolute Gasteiger partial charge is 0.448 e. The number of hydrogen-bond donors (Lipinski definition) is 0. The standard InChI is InChI=1S/C5H7NO2S2/c1-2-8-4(7)6-5-9-3-10-5/h2-3H2,1H3. The molecular weight excluding hydrogens is 170 g/mol. The second kappa shape index (κ2) is 3.88. The first-order valence-corrected chi connectivity index (χ1v) is 4.81. The molecule has 0 atom stereocenters. The summed E-state index contributed by atoms with van der Waals surface area (Å²) >= 11 is 3.14. The summed E-state index contributed by atoms with van der Waals surface area (Å²) in [4.78, 5) is 14.3. The maximum Gasteiger partial charge on any atom is 0.435 e. The van der Waals surface area contributed by atoms with Crippen LogP contribution in [0.5, 0.6) is 0 Å². The molecule has 0 aliphatic carbocycles. The smallest absolute Gasteiger partial charge is 0.435 e. The molecule has 1 saturated heterocycles. The number of carbonyl (C=O) groups excluding carboxylic acids is 1. The van der Waals surface area contributed by atoms with E-state index >= 15 is 0 Å².